The molecule has 0 saturated carbocycles. The van der Waals surface area contributed by atoms with Crippen LogP contribution in [-0.2, 0) is 10.0 Å². The maximum absolute atomic E-state index is 13.0. The molecule has 0 radical (unpaired) electrons. The first-order valence-corrected chi connectivity index (χ1v) is 10.4. The molecule has 0 atom stereocenters. The molecule has 1 aliphatic heterocycles. The smallest absolute Gasteiger partial charge is 0.243 e. The van der Waals surface area contributed by atoms with Crippen LogP contribution in [0.5, 0.6) is 5.75 Å². The van der Waals surface area contributed by atoms with Crippen LogP contribution in [0, 0.1) is 6.92 Å². The zero-order chi connectivity index (χ0) is 19.6. The van der Waals surface area contributed by atoms with Crippen molar-refractivity contribution < 1.29 is 13.2 Å². The van der Waals surface area contributed by atoms with E-state index in [2.05, 4.69) is 34.1 Å². The van der Waals surface area contributed by atoms with Crippen LogP contribution in [0.1, 0.15) is 5.56 Å². The first kappa shape index (κ1) is 19.5. The van der Waals surface area contributed by atoms with Crippen molar-refractivity contribution in [3.8, 4) is 5.75 Å². The van der Waals surface area contributed by atoms with E-state index >= 15 is 0 Å². The maximum Gasteiger partial charge on any atom is 0.243 e. The van der Waals surface area contributed by atoms with Gasteiger partial charge in [0.2, 0.25) is 10.0 Å². The third-order valence-electron chi connectivity index (χ3n) is 4.97. The van der Waals surface area contributed by atoms with Crippen molar-refractivity contribution in [3.05, 3.63) is 48.0 Å². The quantitative estimate of drug-likeness (QED) is 0.787. The standard InChI is InChI=1S/C20H27N3O3S/c1-16-15-19(26-4)9-10-20(16)27(24,25)23-13-11-22(12-14-23)18-7-5-17(6-8-18)21(2)3/h5-10,15H,11-14H2,1-4H3. The number of nitrogens with zero attached hydrogens (tertiary/aromatic N) is 3. The fourth-order valence-corrected chi connectivity index (χ4v) is 4.95. The van der Waals surface area contributed by atoms with Crippen LogP contribution < -0.4 is 14.5 Å². The lowest BCUT2D eigenvalue weighted by Crippen LogP contribution is -2.48. The van der Waals surface area contributed by atoms with Crippen LogP contribution in [-0.4, -0.2) is 60.1 Å². The Morgan fingerprint density at radius 1 is 0.963 bits per heavy atom. The molecule has 1 heterocycles. The van der Waals surface area contributed by atoms with Crippen LogP contribution in [0.25, 0.3) is 0 Å². The number of methoxy groups -OCH3 is 1. The summed E-state index contributed by atoms with van der Waals surface area (Å²) in [5.41, 5.74) is 2.98. The molecule has 6 nitrogen and oxygen atoms in total. The molecule has 0 aromatic heterocycles. The third-order valence-corrected chi connectivity index (χ3v) is 7.03. The van der Waals surface area contributed by atoms with Gasteiger partial charge in [0.15, 0.2) is 0 Å². The second-order valence-electron chi connectivity index (χ2n) is 6.93. The first-order valence-electron chi connectivity index (χ1n) is 9.00. The highest BCUT2D eigenvalue weighted by atomic mass is 32.2. The second-order valence-corrected chi connectivity index (χ2v) is 8.84. The number of aryl methyl sites for hydroxylation is 1. The predicted molar refractivity (Wildman–Crippen MR) is 109 cm³/mol. The molecule has 2 aromatic rings. The Kier molecular flexibility index (Phi) is 5.62. The fraction of sp³-hybridized carbons (Fsp3) is 0.400. The van der Waals surface area contributed by atoms with Crippen LogP contribution in [0.15, 0.2) is 47.4 Å². The second kappa shape index (κ2) is 7.78. The summed E-state index contributed by atoms with van der Waals surface area (Å²) in [7, 11) is 2.11. The SMILES string of the molecule is COc1ccc(S(=O)(=O)N2CCN(c3ccc(N(C)C)cc3)CC2)c(C)c1. The van der Waals surface area contributed by atoms with Crippen molar-refractivity contribution in [3.63, 3.8) is 0 Å². The van der Waals surface area contributed by atoms with Crippen LogP contribution in [0.4, 0.5) is 11.4 Å². The lowest BCUT2D eigenvalue weighted by molar-refractivity contribution is 0.384. The molecule has 0 amide bonds. The fourth-order valence-electron chi connectivity index (χ4n) is 3.33. The summed E-state index contributed by atoms with van der Waals surface area (Å²) in [6, 6.07) is 13.4. The number of hydrogen-bond acceptors (Lipinski definition) is 5. The highest BCUT2D eigenvalue weighted by Gasteiger charge is 2.29. The lowest BCUT2D eigenvalue weighted by atomic mass is 10.2. The average Bonchev–Trinajstić information content (AvgIpc) is 2.67. The van der Waals surface area contributed by atoms with Crippen molar-refractivity contribution in [1.82, 2.24) is 4.31 Å². The van der Waals surface area contributed by atoms with Gasteiger partial charge in [-0.1, -0.05) is 0 Å². The van der Waals surface area contributed by atoms with Crippen molar-refractivity contribution in [2.24, 2.45) is 0 Å². The number of benzene rings is 2. The van der Waals surface area contributed by atoms with Gasteiger partial charge >= 0.3 is 0 Å². The van der Waals surface area contributed by atoms with Gasteiger partial charge in [-0.2, -0.15) is 4.31 Å². The Labute approximate surface area is 162 Å². The molecule has 0 aliphatic carbocycles. The molecule has 0 unspecified atom stereocenters. The van der Waals surface area contributed by atoms with Gasteiger partial charge in [0, 0.05) is 51.6 Å². The van der Waals surface area contributed by atoms with E-state index in [0.717, 1.165) is 11.4 Å². The average molecular weight is 390 g/mol. The van der Waals surface area contributed by atoms with E-state index < -0.39 is 10.0 Å². The minimum Gasteiger partial charge on any atom is -0.497 e. The summed E-state index contributed by atoms with van der Waals surface area (Å²) >= 11 is 0. The summed E-state index contributed by atoms with van der Waals surface area (Å²) in [6.07, 6.45) is 0. The number of rotatable bonds is 5. The Balaban J connectivity index is 1.71. The molecule has 0 bridgehead atoms. The van der Waals surface area contributed by atoms with E-state index in [-0.39, 0.29) is 0 Å². The largest absolute Gasteiger partial charge is 0.497 e. The Morgan fingerprint density at radius 2 is 1.59 bits per heavy atom. The zero-order valence-electron chi connectivity index (χ0n) is 16.3. The van der Waals surface area contributed by atoms with Crippen LogP contribution >= 0.6 is 0 Å². The highest BCUT2D eigenvalue weighted by molar-refractivity contribution is 7.89. The molecule has 146 valence electrons. The van der Waals surface area contributed by atoms with E-state index in [1.165, 1.54) is 0 Å². The minimum absolute atomic E-state index is 0.354. The third kappa shape index (κ3) is 4.04. The van der Waals surface area contributed by atoms with E-state index in [0.29, 0.717) is 42.4 Å². The van der Waals surface area contributed by atoms with Crippen molar-refractivity contribution in [2.75, 3.05) is 57.2 Å². The molecule has 0 spiro atoms. The summed E-state index contributed by atoms with van der Waals surface area (Å²) in [5.74, 6) is 0.664. The van der Waals surface area contributed by atoms with E-state index in [1.807, 2.05) is 14.1 Å². The van der Waals surface area contributed by atoms with Crippen LogP contribution in [0.2, 0.25) is 0 Å². The molecular formula is C20H27N3O3S. The molecule has 0 N–H and O–H groups in total. The maximum atomic E-state index is 13.0. The van der Waals surface area contributed by atoms with Gasteiger partial charge in [-0.25, -0.2) is 8.42 Å². The molecule has 27 heavy (non-hydrogen) atoms. The van der Waals surface area contributed by atoms with Crippen molar-refractivity contribution in [1.29, 1.82) is 0 Å². The molecule has 7 heteroatoms. The highest BCUT2D eigenvalue weighted by Crippen LogP contribution is 2.26. The molecule has 3 rings (SSSR count). The molecule has 2 aromatic carbocycles. The summed E-state index contributed by atoms with van der Waals surface area (Å²) in [4.78, 5) is 4.64. The first-order chi connectivity index (χ1) is 12.8. The van der Waals surface area contributed by atoms with Crippen molar-refractivity contribution >= 4 is 21.4 Å². The zero-order valence-corrected chi connectivity index (χ0v) is 17.2. The molecule has 1 fully saturated rings. The van der Waals surface area contributed by atoms with Gasteiger partial charge in [-0.3, -0.25) is 0 Å². The van der Waals surface area contributed by atoms with Gasteiger partial charge < -0.3 is 14.5 Å². The topological polar surface area (TPSA) is 53.1 Å². The van der Waals surface area contributed by atoms with Crippen molar-refractivity contribution in [2.45, 2.75) is 11.8 Å². The predicted octanol–water partition coefficient (Wildman–Crippen LogP) is 2.58. The molecular weight excluding hydrogens is 362 g/mol. The number of anilines is 2. The normalized spacial score (nSPS) is 15.6. The Morgan fingerprint density at radius 3 is 2.11 bits per heavy atom. The number of piperazine rings is 1. The number of ether oxygens (including phenoxy) is 1. The summed E-state index contributed by atoms with van der Waals surface area (Å²) < 4.78 is 32.8. The summed E-state index contributed by atoms with van der Waals surface area (Å²) in [6.45, 7) is 4.11. The van der Waals surface area contributed by atoms with Gasteiger partial charge in [0.1, 0.15) is 5.75 Å². The van der Waals surface area contributed by atoms with E-state index in [4.69, 9.17) is 4.74 Å². The van der Waals surface area contributed by atoms with Gasteiger partial charge in [0.25, 0.3) is 0 Å². The number of hydrogen-bond donors (Lipinski definition) is 0. The lowest BCUT2D eigenvalue weighted by Gasteiger charge is -2.35. The van der Waals surface area contributed by atoms with Gasteiger partial charge in [-0.15, -0.1) is 0 Å². The summed E-state index contributed by atoms with van der Waals surface area (Å²) in [5, 5.41) is 0. The Hall–Kier alpha value is -2.25. The molecule has 1 saturated heterocycles. The number of sulfonamides is 1. The van der Waals surface area contributed by atoms with Gasteiger partial charge in [-0.05, 0) is 55.0 Å². The van der Waals surface area contributed by atoms with E-state index in [1.54, 1.807) is 36.5 Å². The monoisotopic (exact) mass is 389 g/mol. The van der Waals surface area contributed by atoms with Gasteiger partial charge in [0.05, 0.1) is 12.0 Å². The minimum atomic E-state index is -3.50. The molecule has 1 aliphatic rings. The van der Waals surface area contributed by atoms with E-state index in [9.17, 15) is 8.42 Å². The van der Waals surface area contributed by atoms with Crippen LogP contribution in [0.3, 0.4) is 0 Å². The Bertz CT molecular complexity index is 887.